The third-order valence-electron chi connectivity index (χ3n) is 4.59. The third-order valence-corrected chi connectivity index (χ3v) is 4.59. The molecule has 21 heavy (non-hydrogen) atoms. The quantitative estimate of drug-likeness (QED) is 0.851. The second kappa shape index (κ2) is 4.74. The molecule has 0 aromatic heterocycles. The maximum absolute atomic E-state index is 4.11. The van der Waals surface area contributed by atoms with Crippen molar-refractivity contribution in [3.05, 3.63) is 65.4 Å². The Labute approximate surface area is 126 Å². The lowest BCUT2D eigenvalue weighted by Crippen LogP contribution is -2.27. The summed E-state index contributed by atoms with van der Waals surface area (Å²) in [6.45, 7) is 6.27. The summed E-state index contributed by atoms with van der Waals surface area (Å²) in [6.07, 6.45) is 2.07. The molecule has 2 aromatic rings. The smallest absolute Gasteiger partial charge is 0.0467 e. The topological polar surface area (TPSA) is 15.3 Å². The van der Waals surface area contributed by atoms with E-state index in [1.54, 1.807) is 0 Å². The number of allylic oxidation sites excluding steroid dienone is 1. The zero-order valence-corrected chi connectivity index (χ0v) is 12.4. The fourth-order valence-corrected chi connectivity index (χ4v) is 3.57. The monoisotopic (exact) mass is 276 g/mol. The molecule has 106 valence electrons. The molecule has 0 fully saturated rings. The zero-order valence-electron chi connectivity index (χ0n) is 12.4. The van der Waals surface area contributed by atoms with Crippen molar-refractivity contribution in [1.82, 2.24) is 4.90 Å². The fourth-order valence-electron chi connectivity index (χ4n) is 3.57. The average Bonchev–Trinajstić information content (AvgIpc) is 2.88. The Morgan fingerprint density at radius 1 is 1.14 bits per heavy atom. The summed E-state index contributed by atoms with van der Waals surface area (Å²) in [6, 6.07) is 13.2. The summed E-state index contributed by atoms with van der Waals surface area (Å²) in [7, 11) is 2.20. The minimum Gasteiger partial charge on any atom is -0.359 e. The average molecular weight is 276 g/mol. The first-order valence-electron chi connectivity index (χ1n) is 7.59. The molecule has 0 atom stereocenters. The predicted molar refractivity (Wildman–Crippen MR) is 88.4 cm³/mol. The summed E-state index contributed by atoms with van der Waals surface area (Å²) in [5, 5.41) is 3.50. The Balaban J connectivity index is 1.95. The highest BCUT2D eigenvalue weighted by molar-refractivity contribution is 5.79. The van der Waals surface area contributed by atoms with Crippen molar-refractivity contribution in [3.8, 4) is 11.1 Å². The van der Waals surface area contributed by atoms with Gasteiger partial charge in [0.1, 0.15) is 0 Å². The Morgan fingerprint density at radius 3 is 2.76 bits per heavy atom. The Morgan fingerprint density at radius 2 is 1.95 bits per heavy atom. The van der Waals surface area contributed by atoms with Crippen molar-refractivity contribution in [2.24, 2.45) is 0 Å². The Hall–Kier alpha value is -2.06. The number of rotatable bonds is 1. The molecule has 0 bridgehead atoms. The van der Waals surface area contributed by atoms with E-state index >= 15 is 0 Å². The van der Waals surface area contributed by atoms with Gasteiger partial charge in [0.15, 0.2) is 0 Å². The van der Waals surface area contributed by atoms with Crippen LogP contribution in [-0.4, -0.2) is 18.5 Å². The molecule has 4 rings (SSSR count). The lowest BCUT2D eigenvalue weighted by molar-refractivity contribution is 0.314. The molecule has 0 radical (unpaired) electrons. The third kappa shape index (κ3) is 2.07. The van der Waals surface area contributed by atoms with Crippen LogP contribution in [0.5, 0.6) is 0 Å². The van der Waals surface area contributed by atoms with Crippen LogP contribution in [0, 0.1) is 0 Å². The molecule has 2 heterocycles. The molecular weight excluding hydrogens is 256 g/mol. The maximum Gasteiger partial charge on any atom is 0.0467 e. The lowest BCUT2D eigenvalue weighted by Gasteiger charge is -2.29. The molecule has 0 saturated heterocycles. The van der Waals surface area contributed by atoms with Crippen LogP contribution in [0.4, 0.5) is 5.69 Å². The maximum atomic E-state index is 4.11. The van der Waals surface area contributed by atoms with Crippen LogP contribution in [0.1, 0.15) is 16.7 Å². The summed E-state index contributed by atoms with van der Waals surface area (Å²) in [5.74, 6) is 0. The van der Waals surface area contributed by atoms with Crippen LogP contribution in [-0.2, 0) is 19.4 Å². The van der Waals surface area contributed by atoms with Crippen LogP contribution in [0.15, 0.2) is 48.7 Å². The second-order valence-corrected chi connectivity index (χ2v) is 6.17. The Bertz CT molecular complexity index is 716. The SMILES string of the molecule is C=C1Cc2cc(-c3ccccc3)c3c(c2N1)CN(C)CC3. The second-order valence-electron chi connectivity index (χ2n) is 6.17. The number of fused-ring (bicyclic) bond motifs is 3. The van der Waals surface area contributed by atoms with E-state index in [0.717, 1.165) is 31.6 Å². The summed E-state index contributed by atoms with van der Waals surface area (Å²) in [5.41, 5.74) is 9.56. The van der Waals surface area contributed by atoms with Gasteiger partial charge in [0.05, 0.1) is 0 Å². The van der Waals surface area contributed by atoms with Crippen molar-refractivity contribution in [3.63, 3.8) is 0 Å². The highest BCUT2D eigenvalue weighted by atomic mass is 15.1. The summed E-state index contributed by atoms with van der Waals surface area (Å²) < 4.78 is 0. The van der Waals surface area contributed by atoms with Crippen LogP contribution >= 0.6 is 0 Å². The van der Waals surface area contributed by atoms with E-state index in [4.69, 9.17) is 0 Å². The molecule has 2 heteroatoms. The molecular formula is C19H20N2. The van der Waals surface area contributed by atoms with Crippen molar-refractivity contribution >= 4 is 5.69 Å². The molecule has 1 N–H and O–H groups in total. The van der Waals surface area contributed by atoms with Gasteiger partial charge in [-0.25, -0.2) is 0 Å². The highest BCUT2D eigenvalue weighted by Crippen LogP contribution is 2.41. The van der Waals surface area contributed by atoms with E-state index in [1.165, 1.54) is 33.5 Å². The first kappa shape index (κ1) is 12.7. The lowest BCUT2D eigenvalue weighted by atomic mass is 9.87. The number of nitrogens with one attached hydrogen (secondary N) is 1. The van der Waals surface area contributed by atoms with Gasteiger partial charge in [-0.3, -0.25) is 0 Å². The highest BCUT2D eigenvalue weighted by Gasteiger charge is 2.26. The standard InChI is InChI=1S/C19H20N2/c1-13-10-15-11-17(14-6-4-3-5-7-14)16-8-9-21(2)12-18(16)19(15)20-13/h3-7,11,20H,1,8-10,12H2,2H3. The van der Waals surface area contributed by atoms with Gasteiger partial charge in [-0.2, -0.15) is 0 Å². The van der Waals surface area contributed by atoms with Gasteiger partial charge in [-0.05, 0) is 47.4 Å². The van der Waals surface area contributed by atoms with Gasteiger partial charge in [0.25, 0.3) is 0 Å². The van der Waals surface area contributed by atoms with E-state index in [0.29, 0.717) is 0 Å². The number of likely N-dealkylation sites (N-methyl/N-ethyl adjacent to an activating group) is 1. The first-order valence-corrected chi connectivity index (χ1v) is 7.59. The number of nitrogens with zero attached hydrogens (tertiary/aromatic N) is 1. The Kier molecular flexibility index (Phi) is 2.86. The minimum atomic E-state index is 0.951. The molecule has 2 aromatic carbocycles. The van der Waals surface area contributed by atoms with Crippen LogP contribution in [0.3, 0.4) is 0 Å². The van der Waals surface area contributed by atoms with E-state index < -0.39 is 0 Å². The van der Waals surface area contributed by atoms with Gasteiger partial charge in [0.2, 0.25) is 0 Å². The normalized spacial score (nSPS) is 17.3. The van der Waals surface area contributed by atoms with Crippen LogP contribution in [0.2, 0.25) is 0 Å². The number of hydrogen-bond acceptors (Lipinski definition) is 2. The molecule has 2 aliphatic heterocycles. The van der Waals surface area contributed by atoms with E-state index in [-0.39, 0.29) is 0 Å². The summed E-state index contributed by atoms with van der Waals surface area (Å²) >= 11 is 0. The largest absolute Gasteiger partial charge is 0.359 e. The molecule has 2 nitrogen and oxygen atoms in total. The number of hydrogen-bond donors (Lipinski definition) is 1. The van der Waals surface area contributed by atoms with Gasteiger partial charge < -0.3 is 10.2 Å². The minimum absolute atomic E-state index is 0.951. The zero-order chi connectivity index (χ0) is 14.4. The van der Waals surface area contributed by atoms with Crippen molar-refractivity contribution in [1.29, 1.82) is 0 Å². The van der Waals surface area contributed by atoms with Crippen molar-refractivity contribution in [2.75, 3.05) is 18.9 Å². The van der Waals surface area contributed by atoms with Crippen molar-refractivity contribution in [2.45, 2.75) is 19.4 Å². The molecule has 0 aliphatic carbocycles. The van der Waals surface area contributed by atoms with Crippen LogP contribution < -0.4 is 5.32 Å². The molecule has 0 saturated carbocycles. The summed E-state index contributed by atoms with van der Waals surface area (Å²) in [4.78, 5) is 2.40. The van der Waals surface area contributed by atoms with Crippen LogP contribution in [0.25, 0.3) is 11.1 Å². The first-order chi connectivity index (χ1) is 10.2. The number of anilines is 1. The van der Waals surface area contributed by atoms with Gasteiger partial charge in [-0.1, -0.05) is 36.9 Å². The molecule has 0 amide bonds. The number of benzene rings is 2. The van der Waals surface area contributed by atoms with E-state index in [1.807, 2.05) is 0 Å². The van der Waals surface area contributed by atoms with E-state index in [2.05, 4.69) is 60.2 Å². The predicted octanol–water partition coefficient (Wildman–Crippen LogP) is 3.82. The fraction of sp³-hybridized carbons (Fsp3) is 0.263. The van der Waals surface area contributed by atoms with Gasteiger partial charge in [-0.15, -0.1) is 0 Å². The van der Waals surface area contributed by atoms with Gasteiger partial charge >= 0.3 is 0 Å². The van der Waals surface area contributed by atoms with Crippen molar-refractivity contribution < 1.29 is 0 Å². The molecule has 0 unspecified atom stereocenters. The molecule has 2 aliphatic rings. The molecule has 0 spiro atoms. The van der Waals surface area contributed by atoms with E-state index in [9.17, 15) is 0 Å². The van der Waals surface area contributed by atoms with Gasteiger partial charge in [0, 0.05) is 30.9 Å².